The normalized spacial score (nSPS) is 11.8. The van der Waals surface area contributed by atoms with E-state index in [4.69, 9.17) is 0 Å². The van der Waals surface area contributed by atoms with Crippen LogP contribution in [0.2, 0.25) is 0 Å². The smallest absolute Gasteiger partial charge is 0.0547 e. The van der Waals surface area contributed by atoms with Crippen LogP contribution in [0.1, 0.15) is 0 Å². The number of benzene rings is 12. The van der Waals surface area contributed by atoms with Gasteiger partial charge >= 0.3 is 0 Å². The fraction of sp³-hybridized carbons (Fsp3) is 0. The first-order chi connectivity index (χ1) is 34.3. The Hall–Kier alpha value is -9.18. The van der Waals surface area contributed by atoms with E-state index < -0.39 is 0 Å². The standard InChI is InChI=1S/C66H43N3/c1-2-19-47(20-3-1)68-60-30-13-10-28-58(60)59-38-35-46(43-66(59)68)51-39-40-63(53-23-7-6-22-52(51)53)67(48-36-33-45(34-37-48)50-29-16-18-44-17-4-5-21-49(44)50)64-41-42-65(57-25-9-8-24-56(57)64)69-61-31-14-11-26-54(61)55-27-12-15-32-62(55)69/h1-43H. The number of rotatable bonds is 7. The van der Waals surface area contributed by atoms with Gasteiger partial charge in [0.15, 0.2) is 0 Å². The molecule has 14 aromatic rings. The van der Waals surface area contributed by atoms with E-state index in [0.29, 0.717) is 0 Å². The fourth-order valence-electron chi connectivity index (χ4n) is 11.2. The quantitative estimate of drug-likeness (QED) is 0.155. The predicted octanol–water partition coefficient (Wildman–Crippen LogP) is 18.1. The lowest BCUT2D eigenvalue weighted by molar-refractivity contribution is 1.18. The van der Waals surface area contributed by atoms with Gasteiger partial charge in [0.05, 0.1) is 39.1 Å². The Kier molecular flexibility index (Phi) is 8.90. The summed E-state index contributed by atoms with van der Waals surface area (Å²) in [6.07, 6.45) is 0. The van der Waals surface area contributed by atoms with Crippen molar-refractivity contribution in [3.05, 3.63) is 261 Å². The van der Waals surface area contributed by atoms with Gasteiger partial charge in [0.2, 0.25) is 0 Å². The maximum absolute atomic E-state index is 2.48. The molecule has 322 valence electrons. The van der Waals surface area contributed by atoms with Crippen molar-refractivity contribution < 1.29 is 0 Å². The minimum atomic E-state index is 1.08. The third-order valence-electron chi connectivity index (χ3n) is 14.3. The highest BCUT2D eigenvalue weighted by molar-refractivity contribution is 6.15. The second kappa shape index (κ2) is 15.7. The molecule has 14 rings (SSSR count). The average molecular weight is 878 g/mol. The molecule has 2 aromatic heterocycles. The van der Waals surface area contributed by atoms with E-state index in [2.05, 4.69) is 275 Å². The van der Waals surface area contributed by atoms with Gasteiger partial charge in [-0.05, 0) is 105 Å². The highest BCUT2D eigenvalue weighted by atomic mass is 15.1. The Morgan fingerprint density at radius 3 is 1.42 bits per heavy atom. The van der Waals surface area contributed by atoms with Crippen LogP contribution in [-0.2, 0) is 0 Å². The predicted molar refractivity (Wildman–Crippen MR) is 293 cm³/mol. The topological polar surface area (TPSA) is 13.1 Å². The molecular weight excluding hydrogens is 835 g/mol. The molecule has 0 amide bonds. The molecule has 0 aliphatic rings. The molecule has 12 aromatic carbocycles. The molecule has 0 N–H and O–H groups in total. The van der Waals surface area contributed by atoms with Gasteiger partial charge in [-0.3, -0.25) is 0 Å². The van der Waals surface area contributed by atoms with Gasteiger partial charge in [-0.2, -0.15) is 0 Å². The summed E-state index contributed by atoms with van der Waals surface area (Å²) in [5.74, 6) is 0. The molecule has 0 atom stereocenters. The second-order valence-corrected chi connectivity index (χ2v) is 18.0. The van der Waals surface area contributed by atoms with E-state index >= 15 is 0 Å². The van der Waals surface area contributed by atoms with Crippen molar-refractivity contribution in [2.24, 2.45) is 0 Å². The molecule has 0 radical (unpaired) electrons. The van der Waals surface area contributed by atoms with E-state index in [-0.39, 0.29) is 0 Å². The molecule has 0 aliphatic carbocycles. The van der Waals surface area contributed by atoms with E-state index in [1.807, 2.05) is 0 Å². The van der Waals surface area contributed by atoms with Crippen LogP contribution in [0.25, 0.3) is 110 Å². The van der Waals surface area contributed by atoms with Crippen molar-refractivity contribution in [1.82, 2.24) is 9.13 Å². The average Bonchev–Trinajstić information content (AvgIpc) is 3.94. The molecule has 0 bridgehead atoms. The Labute approximate surface area is 399 Å². The van der Waals surface area contributed by atoms with Crippen molar-refractivity contribution in [1.29, 1.82) is 0 Å². The molecule has 0 aliphatic heterocycles. The maximum atomic E-state index is 2.48. The molecule has 0 saturated heterocycles. The monoisotopic (exact) mass is 877 g/mol. The van der Waals surface area contributed by atoms with Crippen LogP contribution in [0.15, 0.2) is 261 Å². The van der Waals surface area contributed by atoms with Crippen LogP contribution in [-0.4, -0.2) is 9.13 Å². The van der Waals surface area contributed by atoms with E-state index in [0.717, 1.165) is 28.4 Å². The number of fused-ring (bicyclic) bond motifs is 9. The number of aromatic nitrogens is 2. The zero-order valence-electron chi connectivity index (χ0n) is 37.7. The molecule has 0 saturated carbocycles. The first-order valence-electron chi connectivity index (χ1n) is 23.8. The van der Waals surface area contributed by atoms with Crippen LogP contribution >= 0.6 is 0 Å². The number of para-hydroxylation sites is 4. The van der Waals surface area contributed by atoms with Crippen molar-refractivity contribution in [2.75, 3.05) is 4.90 Å². The Morgan fingerprint density at radius 2 is 0.739 bits per heavy atom. The zero-order valence-corrected chi connectivity index (χ0v) is 37.7. The van der Waals surface area contributed by atoms with Gasteiger partial charge in [-0.1, -0.05) is 194 Å². The van der Waals surface area contributed by atoms with Crippen LogP contribution in [0.5, 0.6) is 0 Å². The summed E-state index contributed by atoms with van der Waals surface area (Å²) >= 11 is 0. The molecule has 0 spiro atoms. The Balaban J connectivity index is 0.988. The Morgan fingerprint density at radius 1 is 0.261 bits per heavy atom. The number of nitrogens with zero attached hydrogens (tertiary/aromatic N) is 3. The van der Waals surface area contributed by atoms with Crippen LogP contribution < -0.4 is 4.90 Å². The Bertz CT molecular complexity index is 4250. The van der Waals surface area contributed by atoms with Crippen molar-refractivity contribution in [3.63, 3.8) is 0 Å². The number of hydrogen-bond donors (Lipinski definition) is 0. The summed E-state index contributed by atoms with van der Waals surface area (Å²) in [4.78, 5) is 2.48. The van der Waals surface area contributed by atoms with Gasteiger partial charge in [0, 0.05) is 49.1 Å². The SMILES string of the molecule is c1ccc(-n2c3ccccc3c3ccc(-c4ccc(N(c5ccc(-c6cccc7ccccc67)cc5)c5ccc(-n6c7ccccc7c7ccccc76)c6ccccc56)c5ccccc45)cc32)cc1. The largest absolute Gasteiger partial charge is 0.309 e. The van der Waals surface area contributed by atoms with E-state index in [9.17, 15) is 0 Å². The van der Waals surface area contributed by atoms with Gasteiger partial charge in [0.25, 0.3) is 0 Å². The summed E-state index contributed by atoms with van der Waals surface area (Å²) in [7, 11) is 0. The number of hydrogen-bond acceptors (Lipinski definition) is 1. The van der Waals surface area contributed by atoms with Crippen LogP contribution in [0.4, 0.5) is 17.1 Å². The molecular formula is C66H43N3. The summed E-state index contributed by atoms with van der Waals surface area (Å²) in [5, 5.41) is 12.2. The van der Waals surface area contributed by atoms with Crippen LogP contribution in [0.3, 0.4) is 0 Å². The van der Waals surface area contributed by atoms with Crippen molar-refractivity contribution in [3.8, 4) is 33.6 Å². The number of anilines is 3. The summed E-state index contributed by atoms with van der Waals surface area (Å²) < 4.78 is 4.85. The van der Waals surface area contributed by atoms with Crippen molar-refractivity contribution in [2.45, 2.75) is 0 Å². The summed E-state index contributed by atoms with van der Waals surface area (Å²) in [6.45, 7) is 0. The van der Waals surface area contributed by atoms with Crippen molar-refractivity contribution >= 4 is 93.0 Å². The zero-order chi connectivity index (χ0) is 45.4. The molecule has 3 heteroatoms. The third kappa shape index (κ3) is 6.14. The molecule has 3 nitrogen and oxygen atoms in total. The van der Waals surface area contributed by atoms with Crippen LogP contribution in [0, 0.1) is 0 Å². The third-order valence-corrected chi connectivity index (χ3v) is 14.3. The minimum Gasteiger partial charge on any atom is -0.309 e. The second-order valence-electron chi connectivity index (χ2n) is 18.0. The first kappa shape index (κ1) is 39.0. The van der Waals surface area contributed by atoms with Gasteiger partial charge in [-0.25, -0.2) is 0 Å². The lowest BCUT2D eigenvalue weighted by atomic mass is 9.95. The summed E-state index contributed by atoms with van der Waals surface area (Å²) in [5.41, 5.74) is 15.2. The maximum Gasteiger partial charge on any atom is 0.0547 e. The van der Waals surface area contributed by atoms with E-state index in [1.165, 1.54) is 98.2 Å². The summed E-state index contributed by atoms with van der Waals surface area (Å²) in [6, 6.07) is 95.6. The molecule has 69 heavy (non-hydrogen) atoms. The fourth-order valence-corrected chi connectivity index (χ4v) is 11.2. The highest BCUT2D eigenvalue weighted by Crippen LogP contribution is 2.47. The molecule has 2 heterocycles. The highest BCUT2D eigenvalue weighted by Gasteiger charge is 2.23. The van der Waals surface area contributed by atoms with Gasteiger partial charge in [0.1, 0.15) is 0 Å². The molecule has 0 unspecified atom stereocenters. The lowest BCUT2D eigenvalue weighted by Crippen LogP contribution is -2.12. The van der Waals surface area contributed by atoms with Gasteiger partial charge in [-0.15, -0.1) is 0 Å². The first-order valence-corrected chi connectivity index (χ1v) is 23.8. The minimum absolute atomic E-state index is 1.08. The lowest BCUT2D eigenvalue weighted by Gasteiger charge is -2.29. The van der Waals surface area contributed by atoms with E-state index in [1.54, 1.807) is 0 Å². The molecule has 0 fully saturated rings. The van der Waals surface area contributed by atoms with Gasteiger partial charge < -0.3 is 14.0 Å².